The summed E-state index contributed by atoms with van der Waals surface area (Å²) < 4.78 is 10.7. The molecule has 0 saturated carbocycles. The van der Waals surface area contributed by atoms with Crippen LogP contribution in [0.2, 0.25) is 0 Å². The van der Waals surface area contributed by atoms with E-state index in [0.717, 1.165) is 5.56 Å². The van der Waals surface area contributed by atoms with E-state index in [-0.39, 0.29) is 18.2 Å². The van der Waals surface area contributed by atoms with E-state index in [0.29, 0.717) is 27.9 Å². The molecule has 1 heterocycles. The largest absolute Gasteiger partial charge is 0.496 e. The molecule has 0 saturated heterocycles. The molecule has 0 aliphatic carbocycles. The Bertz CT molecular complexity index is 1250. The standard InChI is InChI=1S/C23H18N2O4/c1-28-20-12-5-2-7-15(20)14-21(26)24-17-9-6-8-16(13-17)22-25-19-11-4-3-10-18(19)23(27)29-22/h2-13H,14H2,1H3,(H,24,26). The van der Waals surface area contributed by atoms with Crippen LogP contribution in [0.5, 0.6) is 5.75 Å². The molecule has 0 bridgehead atoms. The molecule has 4 aromatic rings. The van der Waals surface area contributed by atoms with Crippen LogP contribution >= 0.6 is 0 Å². The predicted molar refractivity (Wildman–Crippen MR) is 111 cm³/mol. The van der Waals surface area contributed by atoms with E-state index in [1.54, 1.807) is 49.6 Å². The van der Waals surface area contributed by atoms with Gasteiger partial charge in [-0.15, -0.1) is 0 Å². The zero-order chi connectivity index (χ0) is 20.2. The normalized spacial score (nSPS) is 10.7. The van der Waals surface area contributed by atoms with Crippen molar-refractivity contribution in [3.63, 3.8) is 0 Å². The maximum absolute atomic E-state index is 12.5. The number of hydrogen-bond acceptors (Lipinski definition) is 5. The number of benzene rings is 3. The molecular formula is C23H18N2O4. The number of hydrogen-bond donors (Lipinski definition) is 1. The second-order valence-electron chi connectivity index (χ2n) is 6.44. The quantitative estimate of drug-likeness (QED) is 0.560. The van der Waals surface area contributed by atoms with E-state index in [2.05, 4.69) is 10.3 Å². The van der Waals surface area contributed by atoms with Gasteiger partial charge in [0.15, 0.2) is 0 Å². The Morgan fingerprint density at radius 3 is 2.69 bits per heavy atom. The highest BCUT2D eigenvalue weighted by Gasteiger charge is 2.11. The van der Waals surface area contributed by atoms with Crippen LogP contribution in [0.1, 0.15) is 5.56 Å². The second kappa shape index (κ2) is 7.98. The number of amides is 1. The Balaban J connectivity index is 1.58. The van der Waals surface area contributed by atoms with Crippen LogP contribution in [0.15, 0.2) is 82.0 Å². The van der Waals surface area contributed by atoms with Crippen molar-refractivity contribution in [3.8, 4) is 17.2 Å². The average Bonchev–Trinajstić information content (AvgIpc) is 2.74. The van der Waals surface area contributed by atoms with Gasteiger partial charge in [-0.1, -0.05) is 36.4 Å². The summed E-state index contributed by atoms with van der Waals surface area (Å²) >= 11 is 0. The first-order valence-corrected chi connectivity index (χ1v) is 9.06. The van der Waals surface area contributed by atoms with E-state index >= 15 is 0 Å². The van der Waals surface area contributed by atoms with Gasteiger partial charge in [0.1, 0.15) is 5.75 Å². The van der Waals surface area contributed by atoms with Gasteiger partial charge in [-0.25, -0.2) is 9.78 Å². The number of rotatable bonds is 5. The van der Waals surface area contributed by atoms with E-state index < -0.39 is 5.63 Å². The van der Waals surface area contributed by atoms with Crippen molar-refractivity contribution in [2.24, 2.45) is 0 Å². The zero-order valence-corrected chi connectivity index (χ0v) is 15.7. The van der Waals surface area contributed by atoms with Crippen molar-refractivity contribution < 1.29 is 13.9 Å². The molecule has 1 aromatic heterocycles. The molecule has 6 nitrogen and oxygen atoms in total. The molecule has 1 amide bonds. The highest BCUT2D eigenvalue weighted by Crippen LogP contribution is 2.23. The van der Waals surface area contributed by atoms with Crippen LogP contribution < -0.4 is 15.7 Å². The van der Waals surface area contributed by atoms with Crippen LogP contribution in [-0.2, 0) is 11.2 Å². The van der Waals surface area contributed by atoms with Gasteiger partial charge >= 0.3 is 5.63 Å². The van der Waals surface area contributed by atoms with Gasteiger partial charge in [-0.05, 0) is 36.4 Å². The molecular weight excluding hydrogens is 368 g/mol. The summed E-state index contributed by atoms with van der Waals surface area (Å²) in [4.78, 5) is 29.1. The Hall–Kier alpha value is -3.93. The number of ether oxygens (including phenoxy) is 1. The summed E-state index contributed by atoms with van der Waals surface area (Å²) in [5.74, 6) is 0.688. The Morgan fingerprint density at radius 1 is 1.03 bits per heavy atom. The van der Waals surface area contributed by atoms with Gasteiger partial charge in [-0.2, -0.15) is 0 Å². The molecule has 0 fully saturated rings. The van der Waals surface area contributed by atoms with Gasteiger partial charge in [0.05, 0.1) is 24.4 Å². The van der Waals surface area contributed by atoms with Crippen molar-refractivity contribution in [2.45, 2.75) is 6.42 Å². The minimum Gasteiger partial charge on any atom is -0.496 e. The zero-order valence-electron chi connectivity index (χ0n) is 15.7. The Labute approximate surface area is 166 Å². The molecule has 0 aliphatic rings. The van der Waals surface area contributed by atoms with Crippen LogP contribution in [0.4, 0.5) is 5.69 Å². The minimum absolute atomic E-state index is 0.178. The number of nitrogens with zero attached hydrogens (tertiary/aromatic N) is 1. The number of carbonyl (C=O) groups is 1. The molecule has 0 spiro atoms. The van der Waals surface area contributed by atoms with Gasteiger partial charge in [0.2, 0.25) is 11.8 Å². The van der Waals surface area contributed by atoms with Gasteiger partial charge in [0, 0.05) is 16.8 Å². The number of aromatic nitrogens is 1. The summed E-state index contributed by atoms with van der Waals surface area (Å²) in [6.45, 7) is 0. The van der Waals surface area contributed by atoms with Crippen molar-refractivity contribution in [1.29, 1.82) is 0 Å². The first-order chi connectivity index (χ1) is 14.1. The Morgan fingerprint density at radius 2 is 1.83 bits per heavy atom. The maximum atomic E-state index is 12.5. The predicted octanol–water partition coefficient (Wildman–Crippen LogP) is 4.04. The molecule has 4 rings (SSSR count). The summed E-state index contributed by atoms with van der Waals surface area (Å²) in [6.07, 6.45) is 0.178. The first-order valence-electron chi connectivity index (χ1n) is 9.06. The lowest BCUT2D eigenvalue weighted by molar-refractivity contribution is -0.115. The monoisotopic (exact) mass is 386 g/mol. The van der Waals surface area contributed by atoms with Crippen LogP contribution in [-0.4, -0.2) is 18.0 Å². The van der Waals surface area contributed by atoms with Crippen molar-refractivity contribution >= 4 is 22.5 Å². The topological polar surface area (TPSA) is 81.4 Å². The minimum atomic E-state index is -0.448. The van der Waals surface area contributed by atoms with Crippen molar-refractivity contribution in [1.82, 2.24) is 4.98 Å². The number of anilines is 1. The number of methoxy groups -OCH3 is 1. The molecule has 1 N–H and O–H groups in total. The molecule has 6 heteroatoms. The summed E-state index contributed by atoms with van der Waals surface area (Å²) in [5.41, 5.74) is 2.09. The molecule has 0 aliphatic heterocycles. The number of carbonyl (C=O) groups excluding carboxylic acids is 1. The lowest BCUT2D eigenvalue weighted by atomic mass is 10.1. The first kappa shape index (κ1) is 18.4. The second-order valence-corrected chi connectivity index (χ2v) is 6.44. The number of fused-ring (bicyclic) bond motifs is 1. The fourth-order valence-corrected chi connectivity index (χ4v) is 3.10. The van der Waals surface area contributed by atoms with Gasteiger partial charge in [-0.3, -0.25) is 4.79 Å². The van der Waals surface area contributed by atoms with Gasteiger partial charge in [0.25, 0.3) is 0 Å². The molecule has 3 aromatic carbocycles. The van der Waals surface area contributed by atoms with E-state index in [4.69, 9.17) is 9.15 Å². The SMILES string of the molecule is COc1ccccc1CC(=O)Nc1cccc(-c2nc3ccccc3c(=O)o2)c1. The third kappa shape index (κ3) is 4.01. The molecule has 144 valence electrons. The maximum Gasteiger partial charge on any atom is 0.347 e. The van der Waals surface area contributed by atoms with Gasteiger partial charge < -0.3 is 14.5 Å². The molecule has 0 unspecified atom stereocenters. The summed E-state index contributed by atoms with van der Waals surface area (Å²) in [7, 11) is 1.57. The molecule has 0 atom stereocenters. The van der Waals surface area contributed by atoms with E-state index in [1.165, 1.54) is 0 Å². The lowest BCUT2D eigenvalue weighted by Gasteiger charge is -2.09. The van der Waals surface area contributed by atoms with Crippen molar-refractivity contribution in [2.75, 3.05) is 12.4 Å². The van der Waals surface area contributed by atoms with Crippen LogP contribution in [0.3, 0.4) is 0 Å². The summed E-state index contributed by atoms with van der Waals surface area (Å²) in [6, 6.07) is 21.4. The molecule has 29 heavy (non-hydrogen) atoms. The van der Waals surface area contributed by atoms with Crippen LogP contribution in [0, 0.1) is 0 Å². The fraction of sp³-hybridized carbons (Fsp3) is 0.0870. The third-order valence-electron chi connectivity index (χ3n) is 4.47. The number of nitrogens with one attached hydrogen (secondary N) is 1. The number of para-hydroxylation sites is 2. The van der Waals surface area contributed by atoms with Crippen molar-refractivity contribution in [3.05, 3.63) is 88.8 Å². The smallest absolute Gasteiger partial charge is 0.347 e. The highest BCUT2D eigenvalue weighted by atomic mass is 16.5. The third-order valence-corrected chi connectivity index (χ3v) is 4.47. The van der Waals surface area contributed by atoms with Crippen LogP contribution in [0.25, 0.3) is 22.4 Å². The van der Waals surface area contributed by atoms with E-state index in [9.17, 15) is 9.59 Å². The lowest BCUT2D eigenvalue weighted by Crippen LogP contribution is -2.15. The van der Waals surface area contributed by atoms with E-state index in [1.807, 2.05) is 30.3 Å². The summed E-state index contributed by atoms with van der Waals surface area (Å²) in [5, 5.41) is 3.29. The average molecular weight is 386 g/mol. The fourth-order valence-electron chi connectivity index (χ4n) is 3.10. The highest BCUT2D eigenvalue weighted by molar-refractivity contribution is 5.93. The Kier molecular flexibility index (Phi) is 5.07. The molecule has 0 radical (unpaired) electrons.